The maximum absolute atomic E-state index is 5.16. The van der Waals surface area contributed by atoms with E-state index in [4.69, 9.17) is 4.74 Å². The fourth-order valence-electron chi connectivity index (χ4n) is 1.53. The lowest BCUT2D eigenvalue weighted by Gasteiger charge is -2.24. The van der Waals surface area contributed by atoms with Crippen LogP contribution in [0.25, 0.3) is 0 Å². The molecule has 15 heavy (non-hydrogen) atoms. The van der Waals surface area contributed by atoms with E-state index in [9.17, 15) is 0 Å². The summed E-state index contributed by atoms with van der Waals surface area (Å²) in [5.74, 6) is 0. The van der Waals surface area contributed by atoms with E-state index in [2.05, 4.69) is 51.5 Å². The number of aromatic nitrogens is 2. The summed E-state index contributed by atoms with van der Waals surface area (Å²) in [5, 5.41) is 0. The van der Waals surface area contributed by atoms with Crippen LogP contribution in [0.2, 0.25) is 0 Å². The molecule has 0 atom stereocenters. The van der Waals surface area contributed by atoms with Crippen molar-refractivity contribution in [3.05, 3.63) is 11.4 Å². The summed E-state index contributed by atoms with van der Waals surface area (Å²) >= 11 is 0. The number of aromatic amines is 1. The van der Waals surface area contributed by atoms with Gasteiger partial charge in [-0.3, -0.25) is 0 Å². The average molecular weight is 210 g/mol. The third-order valence-corrected chi connectivity index (χ3v) is 2.34. The first-order valence-corrected chi connectivity index (χ1v) is 5.31. The van der Waals surface area contributed by atoms with Gasteiger partial charge >= 0.3 is 0 Å². The van der Waals surface area contributed by atoms with Crippen LogP contribution in [0.3, 0.4) is 0 Å². The van der Waals surface area contributed by atoms with E-state index in [0.717, 1.165) is 11.4 Å². The molecule has 1 aromatic heterocycles. The first-order chi connectivity index (χ1) is 6.66. The molecule has 0 amide bonds. The molecule has 3 heteroatoms. The third kappa shape index (κ3) is 2.52. The minimum Gasteiger partial charge on any atom is -0.468 e. The van der Waals surface area contributed by atoms with E-state index in [1.807, 2.05) is 0 Å². The normalized spacial score (nSPS) is 13.0. The van der Waals surface area contributed by atoms with Crippen LogP contribution in [0.4, 0.5) is 0 Å². The number of methoxy groups -OCH3 is 1. The van der Waals surface area contributed by atoms with Gasteiger partial charge in [-0.25, -0.2) is 0 Å². The maximum Gasteiger partial charge on any atom is 0.293 e. The number of hydrogen-bond donors (Lipinski definition) is 1. The van der Waals surface area contributed by atoms with Crippen LogP contribution in [0, 0.1) is 0 Å². The van der Waals surface area contributed by atoms with Gasteiger partial charge in [0.2, 0.25) is 0 Å². The van der Waals surface area contributed by atoms with E-state index < -0.39 is 0 Å². The lowest BCUT2D eigenvalue weighted by molar-refractivity contribution is 0.380. The number of H-pyrrole nitrogens is 1. The van der Waals surface area contributed by atoms with Crippen molar-refractivity contribution in [1.82, 2.24) is 9.97 Å². The minimum absolute atomic E-state index is 0.0376. The Kier molecular flexibility index (Phi) is 2.85. The van der Waals surface area contributed by atoms with Gasteiger partial charge in [-0.05, 0) is 0 Å². The van der Waals surface area contributed by atoms with Gasteiger partial charge < -0.3 is 9.72 Å². The van der Waals surface area contributed by atoms with E-state index >= 15 is 0 Å². The van der Waals surface area contributed by atoms with Crippen LogP contribution in [0.5, 0.6) is 6.01 Å². The summed E-state index contributed by atoms with van der Waals surface area (Å²) in [5.41, 5.74) is 2.35. The van der Waals surface area contributed by atoms with Crippen LogP contribution in [-0.4, -0.2) is 17.1 Å². The van der Waals surface area contributed by atoms with E-state index in [1.54, 1.807) is 7.11 Å². The van der Waals surface area contributed by atoms with Gasteiger partial charge in [-0.2, -0.15) is 4.98 Å². The molecular weight excluding hydrogens is 188 g/mol. The maximum atomic E-state index is 5.16. The number of imidazole rings is 1. The van der Waals surface area contributed by atoms with Crippen molar-refractivity contribution in [3.63, 3.8) is 0 Å². The Morgan fingerprint density at radius 3 is 1.80 bits per heavy atom. The monoisotopic (exact) mass is 210 g/mol. The van der Waals surface area contributed by atoms with Gasteiger partial charge in [0.15, 0.2) is 0 Å². The average Bonchev–Trinajstić information content (AvgIpc) is 2.44. The predicted molar refractivity (Wildman–Crippen MR) is 62.5 cm³/mol. The van der Waals surface area contributed by atoms with Crippen molar-refractivity contribution in [2.24, 2.45) is 0 Å². The fraction of sp³-hybridized carbons (Fsp3) is 0.750. The number of nitrogens with one attached hydrogen (secondary N) is 1. The molecule has 86 valence electrons. The number of rotatable bonds is 1. The Morgan fingerprint density at radius 2 is 1.53 bits per heavy atom. The van der Waals surface area contributed by atoms with Crippen molar-refractivity contribution < 1.29 is 4.74 Å². The second-order valence-electron chi connectivity index (χ2n) is 5.97. The molecule has 0 aliphatic carbocycles. The molecular formula is C12H22N2O. The van der Waals surface area contributed by atoms with Crippen LogP contribution in [-0.2, 0) is 10.8 Å². The first-order valence-electron chi connectivity index (χ1n) is 5.31. The van der Waals surface area contributed by atoms with Gasteiger partial charge in [-0.1, -0.05) is 41.5 Å². The highest BCUT2D eigenvalue weighted by atomic mass is 16.5. The third-order valence-electron chi connectivity index (χ3n) is 2.34. The summed E-state index contributed by atoms with van der Waals surface area (Å²) in [6.07, 6.45) is 0. The summed E-state index contributed by atoms with van der Waals surface area (Å²) in [6, 6.07) is 0.602. The molecule has 0 fully saturated rings. The molecule has 0 unspecified atom stereocenters. The Balaban J connectivity index is 3.31. The van der Waals surface area contributed by atoms with Crippen LogP contribution < -0.4 is 4.74 Å². The lowest BCUT2D eigenvalue weighted by atomic mass is 9.82. The van der Waals surface area contributed by atoms with Gasteiger partial charge in [0.05, 0.1) is 12.8 Å². The molecule has 0 bridgehead atoms. The quantitative estimate of drug-likeness (QED) is 0.773. The standard InChI is InChI=1S/C12H22N2O/c1-11(2,3)8-9(12(4,5)6)14-10(13-8)15-7/h1-7H3,(H,13,14). The minimum atomic E-state index is 0.0376. The molecule has 0 aliphatic rings. The second kappa shape index (κ2) is 3.54. The molecule has 1 N–H and O–H groups in total. The van der Waals surface area contributed by atoms with E-state index in [0.29, 0.717) is 6.01 Å². The molecule has 0 aromatic carbocycles. The Bertz CT molecular complexity index is 308. The Labute approximate surface area is 92.3 Å². The smallest absolute Gasteiger partial charge is 0.293 e. The first kappa shape index (κ1) is 12.1. The highest BCUT2D eigenvalue weighted by Gasteiger charge is 2.29. The molecule has 1 heterocycles. The number of nitrogens with zero attached hydrogens (tertiary/aromatic N) is 1. The van der Waals surface area contributed by atoms with Crippen molar-refractivity contribution in [2.45, 2.75) is 52.4 Å². The van der Waals surface area contributed by atoms with Crippen LogP contribution in [0.1, 0.15) is 52.9 Å². The largest absolute Gasteiger partial charge is 0.468 e. The number of hydrogen-bond acceptors (Lipinski definition) is 2. The Morgan fingerprint density at radius 1 is 1.00 bits per heavy atom. The van der Waals surface area contributed by atoms with Crippen molar-refractivity contribution in [2.75, 3.05) is 7.11 Å². The van der Waals surface area contributed by atoms with Crippen molar-refractivity contribution in [3.8, 4) is 6.01 Å². The molecule has 1 rings (SSSR count). The zero-order valence-corrected chi connectivity index (χ0v) is 10.9. The SMILES string of the molecule is COc1nc(C(C)(C)C)c(C(C)(C)C)[nH]1. The van der Waals surface area contributed by atoms with Gasteiger partial charge in [-0.15, -0.1) is 0 Å². The zero-order valence-electron chi connectivity index (χ0n) is 10.9. The van der Waals surface area contributed by atoms with Crippen LogP contribution >= 0.6 is 0 Å². The lowest BCUT2D eigenvalue weighted by Crippen LogP contribution is -2.21. The summed E-state index contributed by atoms with van der Waals surface area (Å²) < 4.78 is 5.16. The number of ether oxygens (including phenoxy) is 1. The molecule has 0 saturated carbocycles. The second-order valence-corrected chi connectivity index (χ2v) is 5.97. The zero-order chi connectivity index (χ0) is 11.9. The molecule has 1 aromatic rings. The predicted octanol–water partition coefficient (Wildman–Crippen LogP) is 3.01. The van der Waals surface area contributed by atoms with Crippen molar-refractivity contribution in [1.29, 1.82) is 0 Å². The molecule has 0 spiro atoms. The van der Waals surface area contributed by atoms with Crippen LogP contribution in [0.15, 0.2) is 0 Å². The molecule has 0 saturated heterocycles. The Hall–Kier alpha value is -0.990. The van der Waals surface area contributed by atoms with Gasteiger partial charge in [0.25, 0.3) is 6.01 Å². The topological polar surface area (TPSA) is 37.9 Å². The summed E-state index contributed by atoms with van der Waals surface area (Å²) in [6.45, 7) is 13.0. The fourth-order valence-corrected chi connectivity index (χ4v) is 1.53. The summed E-state index contributed by atoms with van der Waals surface area (Å²) in [7, 11) is 1.64. The molecule has 3 nitrogen and oxygen atoms in total. The highest BCUT2D eigenvalue weighted by molar-refractivity contribution is 5.29. The van der Waals surface area contributed by atoms with E-state index in [1.165, 1.54) is 0 Å². The van der Waals surface area contributed by atoms with Gasteiger partial charge in [0, 0.05) is 16.5 Å². The highest BCUT2D eigenvalue weighted by Crippen LogP contribution is 2.33. The van der Waals surface area contributed by atoms with Crippen molar-refractivity contribution >= 4 is 0 Å². The molecule has 0 aliphatic heterocycles. The van der Waals surface area contributed by atoms with Gasteiger partial charge in [0.1, 0.15) is 0 Å². The summed E-state index contributed by atoms with van der Waals surface area (Å²) in [4.78, 5) is 7.73. The van der Waals surface area contributed by atoms with E-state index in [-0.39, 0.29) is 10.8 Å². The molecule has 0 radical (unpaired) electrons.